The number of ketones is 1. The molecule has 13 heavy (non-hydrogen) atoms. The monoisotopic (exact) mass is 272 g/mol. The van der Waals surface area contributed by atoms with E-state index in [0.717, 1.165) is 11.3 Å². The number of hydrogen-bond acceptors (Lipinski definition) is 2. The molecule has 0 aliphatic carbocycles. The highest BCUT2D eigenvalue weighted by Gasteiger charge is 2.40. The van der Waals surface area contributed by atoms with Crippen molar-refractivity contribution in [3.63, 3.8) is 0 Å². The van der Waals surface area contributed by atoms with E-state index in [4.69, 9.17) is 0 Å². The van der Waals surface area contributed by atoms with Gasteiger partial charge in [-0.2, -0.15) is 13.2 Å². The minimum atomic E-state index is -4.78. The number of aryl methyl sites for hydroxylation is 1. The van der Waals surface area contributed by atoms with Crippen molar-refractivity contribution in [2.24, 2.45) is 0 Å². The van der Waals surface area contributed by atoms with Gasteiger partial charge in [0.25, 0.3) is 5.78 Å². The van der Waals surface area contributed by atoms with E-state index < -0.39 is 12.0 Å². The Labute approximate surface area is 84.7 Å². The molecule has 0 aliphatic heterocycles. The number of thiophene rings is 1. The largest absolute Gasteiger partial charge is 0.455 e. The molecule has 0 saturated heterocycles. The van der Waals surface area contributed by atoms with Crippen LogP contribution in [-0.2, 0) is 0 Å². The van der Waals surface area contributed by atoms with Crippen molar-refractivity contribution >= 4 is 33.0 Å². The van der Waals surface area contributed by atoms with Crippen molar-refractivity contribution in [3.05, 3.63) is 20.3 Å². The van der Waals surface area contributed by atoms with Gasteiger partial charge in [-0.15, -0.1) is 11.3 Å². The first kappa shape index (κ1) is 10.7. The molecule has 0 unspecified atom stereocenters. The normalized spacial score (nSPS) is 11.8. The maximum atomic E-state index is 11.9. The van der Waals surface area contributed by atoms with Gasteiger partial charge in [-0.05, 0) is 34.5 Å². The van der Waals surface area contributed by atoms with Crippen molar-refractivity contribution in [1.29, 1.82) is 0 Å². The third-order valence-corrected chi connectivity index (χ3v) is 3.47. The lowest BCUT2D eigenvalue weighted by Gasteiger charge is -2.00. The summed E-state index contributed by atoms with van der Waals surface area (Å²) in [5.74, 6) is -1.79. The maximum Gasteiger partial charge on any atom is 0.455 e. The smallest absolute Gasteiger partial charge is 0.283 e. The second kappa shape index (κ2) is 3.42. The zero-order valence-corrected chi connectivity index (χ0v) is 8.81. The van der Waals surface area contributed by atoms with E-state index in [1.807, 2.05) is 0 Å². The molecule has 1 rings (SSSR count). The van der Waals surface area contributed by atoms with E-state index in [-0.39, 0.29) is 4.88 Å². The lowest BCUT2D eigenvalue weighted by Crippen LogP contribution is -2.21. The van der Waals surface area contributed by atoms with Gasteiger partial charge in [0.1, 0.15) is 0 Å². The van der Waals surface area contributed by atoms with E-state index in [1.165, 1.54) is 6.07 Å². The summed E-state index contributed by atoms with van der Waals surface area (Å²) in [6.07, 6.45) is -4.78. The fourth-order valence-electron chi connectivity index (χ4n) is 0.711. The average molecular weight is 273 g/mol. The Kier molecular flexibility index (Phi) is 2.82. The Morgan fingerprint density at radius 3 is 2.38 bits per heavy atom. The van der Waals surface area contributed by atoms with Crippen LogP contribution in [0.4, 0.5) is 13.2 Å². The Balaban J connectivity index is 3.03. The van der Waals surface area contributed by atoms with Gasteiger partial charge >= 0.3 is 6.18 Å². The number of Topliss-reactive ketones (excluding diaryl/α,β-unsaturated/α-hetero) is 1. The van der Waals surface area contributed by atoms with E-state index in [1.54, 1.807) is 6.92 Å². The first-order valence-corrected chi connectivity index (χ1v) is 4.81. The lowest BCUT2D eigenvalue weighted by atomic mass is 10.3. The second-order valence-corrected chi connectivity index (χ2v) is 4.76. The summed E-state index contributed by atoms with van der Waals surface area (Å²) in [5.41, 5.74) is 0.637. The fraction of sp³-hybridized carbons (Fsp3) is 0.286. The van der Waals surface area contributed by atoms with E-state index in [9.17, 15) is 18.0 Å². The molecule has 0 spiro atoms. The number of alkyl halides is 3. The van der Waals surface area contributed by atoms with Crippen LogP contribution in [0.3, 0.4) is 0 Å². The Bertz CT molecular complexity index is 322. The van der Waals surface area contributed by atoms with Crippen LogP contribution in [-0.4, -0.2) is 12.0 Å². The quantitative estimate of drug-likeness (QED) is 0.715. The van der Waals surface area contributed by atoms with Crippen molar-refractivity contribution in [2.45, 2.75) is 13.1 Å². The van der Waals surface area contributed by atoms with Gasteiger partial charge in [0.05, 0.1) is 8.66 Å². The highest BCUT2D eigenvalue weighted by Crippen LogP contribution is 2.31. The summed E-state index contributed by atoms with van der Waals surface area (Å²) >= 11 is 3.85. The zero-order valence-electron chi connectivity index (χ0n) is 6.41. The molecule has 0 aromatic carbocycles. The molecule has 0 saturated carbocycles. The molecule has 1 aromatic rings. The summed E-state index contributed by atoms with van der Waals surface area (Å²) in [4.78, 5) is 10.4. The van der Waals surface area contributed by atoms with E-state index >= 15 is 0 Å². The molecular weight excluding hydrogens is 269 g/mol. The summed E-state index contributed by atoms with van der Waals surface area (Å²) in [5, 5.41) is 0. The average Bonchev–Trinajstić information content (AvgIpc) is 2.29. The number of carbonyl (C=O) groups is 1. The van der Waals surface area contributed by atoms with Gasteiger partial charge in [0.15, 0.2) is 0 Å². The van der Waals surface area contributed by atoms with Gasteiger partial charge in [-0.3, -0.25) is 4.79 Å². The molecule has 0 fully saturated rings. The highest BCUT2D eigenvalue weighted by molar-refractivity contribution is 9.11. The first-order valence-electron chi connectivity index (χ1n) is 3.20. The van der Waals surface area contributed by atoms with Crippen LogP contribution in [0.2, 0.25) is 0 Å². The van der Waals surface area contributed by atoms with Crippen LogP contribution in [0, 0.1) is 6.92 Å². The molecule has 0 radical (unpaired) electrons. The SMILES string of the molecule is Cc1cc(C(=O)C(F)(F)F)sc1Br. The van der Waals surface area contributed by atoms with Gasteiger partial charge in [0.2, 0.25) is 0 Å². The molecular formula is C7H4BrF3OS. The zero-order chi connectivity index (χ0) is 10.2. The van der Waals surface area contributed by atoms with Crippen molar-refractivity contribution < 1.29 is 18.0 Å². The lowest BCUT2D eigenvalue weighted by molar-refractivity contribution is -0.0882. The maximum absolute atomic E-state index is 11.9. The summed E-state index contributed by atoms with van der Waals surface area (Å²) in [6, 6.07) is 1.23. The van der Waals surface area contributed by atoms with Crippen molar-refractivity contribution in [1.82, 2.24) is 0 Å². The van der Waals surface area contributed by atoms with Crippen LogP contribution in [0.25, 0.3) is 0 Å². The summed E-state index contributed by atoms with van der Waals surface area (Å²) in [7, 11) is 0. The Hall–Kier alpha value is -0.360. The Morgan fingerprint density at radius 1 is 1.54 bits per heavy atom. The minimum Gasteiger partial charge on any atom is -0.283 e. The molecule has 0 bridgehead atoms. The van der Waals surface area contributed by atoms with Crippen molar-refractivity contribution in [3.8, 4) is 0 Å². The number of carbonyl (C=O) groups excluding carboxylic acids is 1. The molecule has 0 aliphatic rings. The standard InChI is InChI=1S/C7H4BrF3OS/c1-3-2-4(13-6(3)8)5(12)7(9,10)11/h2H,1H3. The van der Waals surface area contributed by atoms with Crippen LogP contribution in [0.15, 0.2) is 9.85 Å². The molecule has 0 atom stereocenters. The van der Waals surface area contributed by atoms with Crippen LogP contribution in [0.1, 0.15) is 15.2 Å². The molecule has 0 amide bonds. The summed E-state index contributed by atoms with van der Waals surface area (Å²) in [6.45, 7) is 1.63. The van der Waals surface area contributed by atoms with Crippen LogP contribution >= 0.6 is 27.3 Å². The third-order valence-electron chi connectivity index (χ3n) is 1.34. The van der Waals surface area contributed by atoms with Crippen molar-refractivity contribution in [2.75, 3.05) is 0 Å². The molecule has 6 heteroatoms. The molecule has 0 N–H and O–H groups in total. The van der Waals surface area contributed by atoms with Gasteiger partial charge < -0.3 is 0 Å². The van der Waals surface area contributed by atoms with Crippen LogP contribution < -0.4 is 0 Å². The van der Waals surface area contributed by atoms with Gasteiger partial charge in [0, 0.05) is 0 Å². The molecule has 1 aromatic heterocycles. The minimum absolute atomic E-state index is 0.281. The number of hydrogen-bond donors (Lipinski definition) is 0. The number of rotatable bonds is 1. The third kappa shape index (κ3) is 2.31. The second-order valence-electron chi connectivity index (χ2n) is 2.39. The topological polar surface area (TPSA) is 17.1 Å². The number of halogens is 4. The molecule has 1 heterocycles. The molecule has 1 nitrogen and oxygen atoms in total. The van der Waals surface area contributed by atoms with E-state index in [2.05, 4.69) is 15.9 Å². The van der Waals surface area contributed by atoms with Gasteiger partial charge in [-0.1, -0.05) is 0 Å². The first-order chi connectivity index (χ1) is 5.82. The highest BCUT2D eigenvalue weighted by atomic mass is 79.9. The summed E-state index contributed by atoms with van der Waals surface area (Å²) < 4.78 is 36.3. The van der Waals surface area contributed by atoms with Gasteiger partial charge in [-0.25, -0.2) is 0 Å². The molecule has 72 valence electrons. The predicted molar refractivity (Wildman–Crippen MR) is 47.1 cm³/mol. The predicted octanol–water partition coefficient (Wildman–Crippen LogP) is 3.56. The Morgan fingerprint density at radius 2 is 2.08 bits per heavy atom. The van der Waals surface area contributed by atoms with E-state index in [0.29, 0.717) is 9.35 Å². The van der Waals surface area contributed by atoms with Crippen LogP contribution in [0.5, 0.6) is 0 Å². The fourth-order valence-corrected chi connectivity index (χ4v) is 2.21.